The standard InChI is InChI=1S/C17H13Cl2FN2O2/c18-10-1-6-13(19)14(9-10)22-16(24)17(7-8-17)15(23)21-12-4-2-11(20)3-5-12/h1-6,9H,7-8H2,(H,21,23)(H,22,24). The van der Waals surface area contributed by atoms with Crippen LogP contribution in [0.2, 0.25) is 10.0 Å². The number of nitrogens with one attached hydrogen (secondary N) is 2. The van der Waals surface area contributed by atoms with Gasteiger partial charge in [0.05, 0.1) is 10.7 Å². The smallest absolute Gasteiger partial charge is 0.240 e. The molecule has 124 valence electrons. The van der Waals surface area contributed by atoms with E-state index in [1.807, 2.05) is 0 Å². The molecule has 0 radical (unpaired) electrons. The number of benzene rings is 2. The van der Waals surface area contributed by atoms with Gasteiger partial charge in [-0.1, -0.05) is 23.2 Å². The van der Waals surface area contributed by atoms with E-state index >= 15 is 0 Å². The Morgan fingerprint density at radius 3 is 2.21 bits per heavy atom. The van der Waals surface area contributed by atoms with Crippen molar-refractivity contribution in [1.82, 2.24) is 0 Å². The van der Waals surface area contributed by atoms with E-state index in [1.165, 1.54) is 30.3 Å². The molecule has 0 aliphatic heterocycles. The number of hydrogen-bond acceptors (Lipinski definition) is 2. The summed E-state index contributed by atoms with van der Waals surface area (Å²) in [5, 5.41) is 6.05. The number of carbonyl (C=O) groups is 2. The van der Waals surface area contributed by atoms with Crippen molar-refractivity contribution in [2.45, 2.75) is 12.8 Å². The first-order valence-corrected chi connectivity index (χ1v) is 8.00. The lowest BCUT2D eigenvalue weighted by molar-refractivity contribution is -0.131. The highest BCUT2D eigenvalue weighted by atomic mass is 35.5. The second-order valence-corrected chi connectivity index (χ2v) is 6.47. The fourth-order valence-electron chi connectivity index (χ4n) is 2.30. The van der Waals surface area contributed by atoms with E-state index < -0.39 is 23.0 Å². The Kier molecular flexibility index (Phi) is 4.47. The largest absolute Gasteiger partial charge is 0.325 e. The van der Waals surface area contributed by atoms with Gasteiger partial charge in [0.1, 0.15) is 11.2 Å². The number of carbonyl (C=O) groups excluding carboxylic acids is 2. The second-order valence-electron chi connectivity index (χ2n) is 5.62. The van der Waals surface area contributed by atoms with Crippen LogP contribution in [0.25, 0.3) is 0 Å². The third kappa shape index (κ3) is 3.37. The van der Waals surface area contributed by atoms with Crippen molar-refractivity contribution in [3.05, 3.63) is 58.3 Å². The van der Waals surface area contributed by atoms with Crippen LogP contribution in [0, 0.1) is 11.2 Å². The van der Waals surface area contributed by atoms with Gasteiger partial charge < -0.3 is 10.6 Å². The molecule has 1 saturated carbocycles. The molecule has 1 aliphatic carbocycles. The van der Waals surface area contributed by atoms with Crippen molar-refractivity contribution in [3.63, 3.8) is 0 Å². The lowest BCUT2D eigenvalue weighted by Gasteiger charge is -2.16. The molecule has 1 fully saturated rings. The third-order valence-electron chi connectivity index (χ3n) is 3.90. The molecule has 3 rings (SSSR count). The predicted octanol–water partition coefficient (Wildman–Crippen LogP) is 4.49. The quantitative estimate of drug-likeness (QED) is 0.783. The van der Waals surface area contributed by atoms with E-state index in [9.17, 15) is 14.0 Å². The molecule has 0 bridgehead atoms. The van der Waals surface area contributed by atoms with E-state index in [1.54, 1.807) is 12.1 Å². The van der Waals surface area contributed by atoms with Crippen molar-refractivity contribution >= 4 is 46.4 Å². The van der Waals surface area contributed by atoms with Crippen LogP contribution in [0.15, 0.2) is 42.5 Å². The van der Waals surface area contributed by atoms with Crippen LogP contribution in [0.5, 0.6) is 0 Å². The van der Waals surface area contributed by atoms with Crippen LogP contribution in [0.3, 0.4) is 0 Å². The van der Waals surface area contributed by atoms with E-state index in [4.69, 9.17) is 23.2 Å². The number of rotatable bonds is 4. The Hall–Kier alpha value is -2.11. The summed E-state index contributed by atoms with van der Waals surface area (Å²) >= 11 is 11.9. The Bertz CT molecular complexity index is 805. The Morgan fingerprint density at radius 1 is 0.958 bits per heavy atom. The van der Waals surface area contributed by atoms with E-state index in [-0.39, 0.29) is 0 Å². The van der Waals surface area contributed by atoms with Gasteiger partial charge in [-0.25, -0.2) is 4.39 Å². The molecule has 1 aliphatic rings. The molecule has 0 unspecified atom stereocenters. The molecule has 4 nitrogen and oxygen atoms in total. The first-order valence-electron chi connectivity index (χ1n) is 7.24. The first kappa shape index (κ1) is 16.7. The van der Waals surface area contributed by atoms with Gasteiger partial charge in [-0.15, -0.1) is 0 Å². The molecule has 24 heavy (non-hydrogen) atoms. The fourth-order valence-corrected chi connectivity index (χ4v) is 2.64. The zero-order valence-corrected chi connectivity index (χ0v) is 13.9. The van der Waals surface area contributed by atoms with Crippen molar-refractivity contribution in [2.24, 2.45) is 5.41 Å². The van der Waals surface area contributed by atoms with Crippen LogP contribution in [-0.2, 0) is 9.59 Å². The number of anilines is 2. The summed E-state index contributed by atoms with van der Waals surface area (Å²) in [5.74, 6) is -1.27. The first-order chi connectivity index (χ1) is 11.4. The minimum absolute atomic E-state index is 0.336. The highest BCUT2D eigenvalue weighted by molar-refractivity contribution is 6.36. The van der Waals surface area contributed by atoms with Gasteiger partial charge in [0, 0.05) is 10.7 Å². The van der Waals surface area contributed by atoms with Crippen LogP contribution < -0.4 is 10.6 Å². The summed E-state index contributed by atoms with van der Waals surface area (Å²) in [6.45, 7) is 0. The summed E-state index contributed by atoms with van der Waals surface area (Å²) in [6, 6.07) is 10.0. The molecular formula is C17H13Cl2FN2O2. The summed E-state index contributed by atoms with van der Waals surface area (Å²) in [6.07, 6.45) is 0.869. The maximum Gasteiger partial charge on any atom is 0.240 e. The van der Waals surface area contributed by atoms with Crippen molar-refractivity contribution in [1.29, 1.82) is 0 Å². The van der Waals surface area contributed by atoms with Crippen LogP contribution in [0.4, 0.5) is 15.8 Å². The van der Waals surface area contributed by atoms with Gasteiger partial charge in [0.25, 0.3) is 0 Å². The maximum atomic E-state index is 12.9. The molecule has 2 aromatic rings. The zero-order chi connectivity index (χ0) is 17.3. The van der Waals surface area contributed by atoms with Gasteiger partial charge >= 0.3 is 0 Å². The molecule has 2 aromatic carbocycles. The van der Waals surface area contributed by atoms with E-state index in [0.29, 0.717) is 34.3 Å². The number of halogens is 3. The van der Waals surface area contributed by atoms with Gasteiger partial charge in [-0.05, 0) is 55.3 Å². The third-order valence-corrected chi connectivity index (χ3v) is 4.46. The molecule has 0 atom stereocenters. The van der Waals surface area contributed by atoms with Gasteiger partial charge in [0.15, 0.2) is 0 Å². The highest BCUT2D eigenvalue weighted by Gasteiger charge is 2.56. The predicted molar refractivity (Wildman–Crippen MR) is 91.8 cm³/mol. The Morgan fingerprint density at radius 2 is 1.58 bits per heavy atom. The SMILES string of the molecule is O=C(Nc1ccc(F)cc1)C1(C(=O)Nc2cc(Cl)ccc2Cl)CC1. The molecule has 0 heterocycles. The topological polar surface area (TPSA) is 58.2 Å². The molecule has 0 aromatic heterocycles. The van der Waals surface area contributed by atoms with E-state index in [2.05, 4.69) is 10.6 Å². The summed E-state index contributed by atoms with van der Waals surface area (Å²) < 4.78 is 12.9. The maximum absolute atomic E-state index is 12.9. The average molecular weight is 367 g/mol. The summed E-state index contributed by atoms with van der Waals surface area (Å²) in [4.78, 5) is 25.0. The molecule has 7 heteroatoms. The van der Waals surface area contributed by atoms with Crippen LogP contribution >= 0.6 is 23.2 Å². The minimum atomic E-state index is -1.14. The molecular weight excluding hydrogens is 354 g/mol. The molecule has 0 saturated heterocycles. The van der Waals surface area contributed by atoms with E-state index in [0.717, 1.165) is 0 Å². The zero-order valence-electron chi connectivity index (χ0n) is 12.4. The van der Waals surface area contributed by atoms with Gasteiger partial charge in [0.2, 0.25) is 11.8 Å². The van der Waals surface area contributed by atoms with Crippen molar-refractivity contribution in [2.75, 3.05) is 10.6 Å². The molecule has 2 N–H and O–H groups in total. The van der Waals surface area contributed by atoms with Crippen LogP contribution in [-0.4, -0.2) is 11.8 Å². The summed E-state index contributed by atoms with van der Waals surface area (Å²) in [5.41, 5.74) is -0.351. The van der Waals surface area contributed by atoms with Crippen molar-refractivity contribution < 1.29 is 14.0 Å². The summed E-state index contributed by atoms with van der Waals surface area (Å²) in [7, 11) is 0. The van der Waals surface area contributed by atoms with Crippen LogP contribution in [0.1, 0.15) is 12.8 Å². The molecule has 2 amide bonds. The Balaban J connectivity index is 1.72. The normalized spacial score (nSPS) is 14.8. The highest BCUT2D eigenvalue weighted by Crippen LogP contribution is 2.47. The average Bonchev–Trinajstić information content (AvgIpc) is 3.35. The van der Waals surface area contributed by atoms with Gasteiger partial charge in [-0.3, -0.25) is 9.59 Å². The Labute approximate surface area is 148 Å². The number of hydrogen-bond donors (Lipinski definition) is 2. The monoisotopic (exact) mass is 366 g/mol. The lowest BCUT2D eigenvalue weighted by atomic mass is 10.0. The number of amides is 2. The lowest BCUT2D eigenvalue weighted by Crippen LogP contribution is -2.35. The van der Waals surface area contributed by atoms with Crippen molar-refractivity contribution in [3.8, 4) is 0 Å². The fraction of sp³-hybridized carbons (Fsp3) is 0.176. The molecule has 0 spiro atoms. The van der Waals surface area contributed by atoms with Gasteiger partial charge in [-0.2, -0.15) is 0 Å². The minimum Gasteiger partial charge on any atom is -0.325 e. The second kappa shape index (κ2) is 6.42.